The highest BCUT2D eigenvalue weighted by atomic mass is 127. The van der Waals surface area contributed by atoms with Crippen molar-refractivity contribution < 1.29 is 0 Å². The van der Waals surface area contributed by atoms with Crippen molar-refractivity contribution in [2.75, 3.05) is 0 Å². The number of nitrogens with one attached hydrogen (secondary N) is 1. The van der Waals surface area contributed by atoms with E-state index in [0.29, 0.717) is 12.5 Å². The van der Waals surface area contributed by atoms with E-state index >= 15 is 0 Å². The number of hydrogen-bond donors (Lipinski definition) is 2. The first-order valence-electron chi connectivity index (χ1n) is 5.42. The van der Waals surface area contributed by atoms with E-state index in [-0.39, 0.29) is 29.5 Å². The van der Waals surface area contributed by atoms with Crippen LogP contribution < -0.4 is 11.1 Å². The third-order valence-corrected chi connectivity index (χ3v) is 2.96. The average Bonchev–Trinajstić information content (AvgIpc) is 2.59. The molecule has 0 aromatic carbocycles. The lowest BCUT2D eigenvalue weighted by molar-refractivity contribution is 0.508. The van der Waals surface area contributed by atoms with Crippen molar-refractivity contribution in [1.29, 1.82) is 0 Å². The fourth-order valence-corrected chi connectivity index (χ4v) is 1.95. The minimum atomic E-state index is -0.0506. The SMILES string of the molecule is CCc1cnc(CN=C(N)NC(C)(C)C)s1.I. The van der Waals surface area contributed by atoms with Gasteiger partial charge in [0, 0.05) is 16.6 Å². The molecule has 0 unspecified atom stereocenters. The van der Waals surface area contributed by atoms with Crippen LogP contribution in [0.5, 0.6) is 0 Å². The summed E-state index contributed by atoms with van der Waals surface area (Å²) in [5.74, 6) is 0.473. The molecule has 0 bridgehead atoms. The largest absolute Gasteiger partial charge is 0.370 e. The highest BCUT2D eigenvalue weighted by molar-refractivity contribution is 14.0. The lowest BCUT2D eigenvalue weighted by Gasteiger charge is -2.20. The van der Waals surface area contributed by atoms with Crippen LogP contribution in [0.15, 0.2) is 11.2 Å². The van der Waals surface area contributed by atoms with Crippen LogP contribution in [0.3, 0.4) is 0 Å². The number of hydrogen-bond acceptors (Lipinski definition) is 3. The van der Waals surface area contributed by atoms with E-state index in [1.165, 1.54) is 4.88 Å². The van der Waals surface area contributed by atoms with Gasteiger partial charge in [0.05, 0.1) is 6.54 Å². The van der Waals surface area contributed by atoms with Crippen LogP contribution in [0, 0.1) is 0 Å². The van der Waals surface area contributed by atoms with Gasteiger partial charge in [-0.3, -0.25) is 0 Å². The molecule has 1 aromatic heterocycles. The lowest BCUT2D eigenvalue weighted by atomic mass is 10.1. The maximum atomic E-state index is 5.76. The van der Waals surface area contributed by atoms with Crippen LogP contribution in [0.2, 0.25) is 0 Å². The Morgan fingerprint density at radius 2 is 2.18 bits per heavy atom. The van der Waals surface area contributed by atoms with Gasteiger partial charge in [0.1, 0.15) is 5.01 Å². The quantitative estimate of drug-likeness (QED) is 0.490. The molecule has 0 aliphatic heterocycles. The molecule has 98 valence electrons. The number of aliphatic imine (C=N–C) groups is 1. The summed E-state index contributed by atoms with van der Waals surface area (Å²) in [5, 5.41) is 4.12. The highest BCUT2D eigenvalue weighted by Gasteiger charge is 2.09. The monoisotopic (exact) mass is 368 g/mol. The fourth-order valence-electron chi connectivity index (χ4n) is 1.16. The Kier molecular flexibility index (Phi) is 6.99. The fraction of sp³-hybridized carbons (Fsp3) is 0.636. The molecule has 1 aromatic rings. The third kappa shape index (κ3) is 6.82. The van der Waals surface area contributed by atoms with Gasteiger partial charge in [-0.1, -0.05) is 6.92 Å². The summed E-state index contributed by atoms with van der Waals surface area (Å²) in [6.07, 6.45) is 2.93. The zero-order chi connectivity index (χ0) is 12.2. The van der Waals surface area contributed by atoms with Gasteiger partial charge in [-0.25, -0.2) is 9.98 Å². The van der Waals surface area contributed by atoms with E-state index in [0.717, 1.165) is 11.4 Å². The van der Waals surface area contributed by atoms with Crippen LogP contribution >= 0.6 is 35.3 Å². The third-order valence-electron chi connectivity index (χ3n) is 1.84. The van der Waals surface area contributed by atoms with Gasteiger partial charge < -0.3 is 11.1 Å². The molecular formula is C11H21IN4S. The first kappa shape index (κ1) is 16.6. The van der Waals surface area contributed by atoms with E-state index in [9.17, 15) is 0 Å². The minimum Gasteiger partial charge on any atom is -0.370 e. The normalized spacial score (nSPS) is 12.1. The number of nitrogens with two attached hydrogens (primary N) is 1. The Hall–Kier alpha value is -0.370. The van der Waals surface area contributed by atoms with Crippen LogP contribution in [0.4, 0.5) is 0 Å². The van der Waals surface area contributed by atoms with Gasteiger partial charge in [0.15, 0.2) is 5.96 Å². The molecule has 0 saturated carbocycles. The Balaban J connectivity index is 0.00000256. The summed E-state index contributed by atoms with van der Waals surface area (Å²) in [6, 6.07) is 0. The van der Waals surface area contributed by atoms with Crippen molar-refractivity contribution >= 4 is 41.3 Å². The predicted octanol–water partition coefficient (Wildman–Crippen LogP) is 2.53. The van der Waals surface area contributed by atoms with Crippen molar-refractivity contribution in [2.24, 2.45) is 10.7 Å². The predicted molar refractivity (Wildman–Crippen MR) is 85.1 cm³/mol. The Bertz CT molecular complexity index is 368. The Morgan fingerprint density at radius 3 is 2.65 bits per heavy atom. The summed E-state index contributed by atoms with van der Waals surface area (Å²) in [7, 11) is 0. The zero-order valence-corrected chi connectivity index (χ0v) is 13.9. The van der Waals surface area contributed by atoms with Crippen LogP contribution in [-0.4, -0.2) is 16.5 Å². The molecule has 0 aliphatic rings. The molecule has 3 N–H and O–H groups in total. The average molecular weight is 368 g/mol. The van der Waals surface area contributed by atoms with Crippen molar-refractivity contribution in [2.45, 2.75) is 46.2 Å². The van der Waals surface area contributed by atoms with Gasteiger partial charge >= 0.3 is 0 Å². The maximum absolute atomic E-state index is 5.76. The minimum absolute atomic E-state index is 0. The summed E-state index contributed by atoms with van der Waals surface area (Å²) in [5.41, 5.74) is 5.71. The molecule has 1 heterocycles. The van der Waals surface area contributed by atoms with E-state index in [4.69, 9.17) is 5.73 Å². The smallest absolute Gasteiger partial charge is 0.189 e. The Morgan fingerprint density at radius 1 is 1.53 bits per heavy atom. The van der Waals surface area contributed by atoms with E-state index in [1.807, 2.05) is 27.0 Å². The van der Waals surface area contributed by atoms with Gasteiger partial charge in [-0.2, -0.15) is 0 Å². The standard InChI is InChI=1S/C11H20N4S.HI/c1-5-8-6-13-9(16-8)7-14-10(12)15-11(2,3)4;/h6H,5,7H2,1-4H3,(H3,12,14,15);1H. The van der Waals surface area contributed by atoms with Gasteiger partial charge in [-0.15, -0.1) is 35.3 Å². The van der Waals surface area contributed by atoms with Gasteiger partial charge in [-0.05, 0) is 27.2 Å². The molecule has 0 radical (unpaired) electrons. The second-order valence-corrected chi connectivity index (χ2v) is 5.85. The molecule has 0 fully saturated rings. The summed E-state index contributed by atoms with van der Waals surface area (Å²) in [4.78, 5) is 9.83. The molecule has 17 heavy (non-hydrogen) atoms. The highest BCUT2D eigenvalue weighted by Crippen LogP contribution is 2.13. The van der Waals surface area contributed by atoms with Gasteiger partial charge in [0.25, 0.3) is 0 Å². The topological polar surface area (TPSA) is 63.3 Å². The number of aryl methyl sites for hydroxylation is 1. The molecule has 0 amide bonds. The van der Waals surface area contributed by atoms with Crippen molar-refractivity contribution in [3.05, 3.63) is 16.1 Å². The second kappa shape index (κ2) is 7.15. The first-order valence-corrected chi connectivity index (χ1v) is 6.24. The summed E-state index contributed by atoms with van der Waals surface area (Å²) < 4.78 is 0. The van der Waals surface area contributed by atoms with Crippen molar-refractivity contribution in [1.82, 2.24) is 10.3 Å². The molecule has 1 rings (SSSR count). The molecule has 4 nitrogen and oxygen atoms in total. The molecule has 0 saturated heterocycles. The Labute approximate surface area is 124 Å². The number of halogens is 1. The maximum Gasteiger partial charge on any atom is 0.189 e. The van der Waals surface area contributed by atoms with Gasteiger partial charge in [0.2, 0.25) is 0 Å². The lowest BCUT2D eigenvalue weighted by Crippen LogP contribution is -2.44. The van der Waals surface area contributed by atoms with E-state index in [1.54, 1.807) is 11.3 Å². The van der Waals surface area contributed by atoms with Crippen LogP contribution in [-0.2, 0) is 13.0 Å². The second-order valence-electron chi connectivity index (χ2n) is 4.65. The molecule has 0 aliphatic carbocycles. The molecule has 6 heteroatoms. The number of rotatable bonds is 3. The van der Waals surface area contributed by atoms with Crippen LogP contribution in [0.25, 0.3) is 0 Å². The van der Waals surface area contributed by atoms with Crippen molar-refractivity contribution in [3.63, 3.8) is 0 Å². The zero-order valence-electron chi connectivity index (χ0n) is 10.8. The molecular weight excluding hydrogens is 347 g/mol. The number of nitrogens with zero attached hydrogens (tertiary/aromatic N) is 2. The summed E-state index contributed by atoms with van der Waals surface area (Å²) in [6.45, 7) is 8.82. The van der Waals surface area contributed by atoms with E-state index < -0.39 is 0 Å². The first-order chi connectivity index (χ1) is 7.40. The van der Waals surface area contributed by atoms with E-state index in [2.05, 4.69) is 22.2 Å². The summed E-state index contributed by atoms with van der Waals surface area (Å²) >= 11 is 1.69. The number of thiazole rings is 1. The number of guanidine groups is 1. The number of aromatic nitrogens is 1. The van der Waals surface area contributed by atoms with Crippen molar-refractivity contribution in [3.8, 4) is 0 Å². The molecule has 0 spiro atoms. The molecule has 0 atom stereocenters. The van der Waals surface area contributed by atoms with Crippen LogP contribution in [0.1, 0.15) is 37.6 Å².